The predicted molar refractivity (Wildman–Crippen MR) is 129 cm³/mol. The normalized spacial score (nSPS) is 15.3. The molecule has 1 aliphatic rings. The Bertz CT molecular complexity index is 1130. The van der Waals surface area contributed by atoms with Crippen molar-refractivity contribution in [3.8, 4) is 22.6 Å². The van der Waals surface area contributed by atoms with Crippen LogP contribution in [0, 0.1) is 0 Å². The number of carboxylic acids is 1. The monoisotopic (exact) mass is 460 g/mol. The number of ether oxygens (including phenoxy) is 2. The first-order valence-corrected chi connectivity index (χ1v) is 11.3. The Morgan fingerprint density at radius 3 is 2.50 bits per heavy atom. The van der Waals surface area contributed by atoms with Gasteiger partial charge in [-0.15, -0.1) is 0 Å². The van der Waals surface area contributed by atoms with Gasteiger partial charge in [-0.2, -0.15) is 0 Å². The maximum atomic E-state index is 13.4. The van der Waals surface area contributed by atoms with E-state index in [1.165, 1.54) is 0 Å². The number of benzene rings is 3. The number of hydrogen-bond acceptors (Lipinski definition) is 5. The van der Waals surface area contributed by atoms with E-state index in [9.17, 15) is 14.7 Å². The number of carbonyl (C=O) groups excluding carboxylic acids is 1. The third-order valence-corrected chi connectivity index (χ3v) is 5.69. The molecule has 3 aromatic rings. The molecule has 0 spiro atoms. The molecule has 7 heteroatoms. The number of fused-ring (bicyclic) bond motifs is 1. The van der Waals surface area contributed by atoms with Crippen molar-refractivity contribution in [2.75, 3.05) is 26.2 Å². The van der Waals surface area contributed by atoms with Gasteiger partial charge in [-0.1, -0.05) is 48.5 Å². The zero-order chi connectivity index (χ0) is 23.9. The molecule has 0 bridgehead atoms. The van der Waals surface area contributed by atoms with Gasteiger partial charge in [0, 0.05) is 19.5 Å². The molecule has 3 aromatic carbocycles. The summed E-state index contributed by atoms with van der Waals surface area (Å²) < 4.78 is 11.8. The van der Waals surface area contributed by atoms with E-state index in [0.717, 1.165) is 22.4 Å². The summed E-state index contributed by atoms with van der Waals surface area (Å²) in [6.07, 6.45) is 0.206. The second kappa shape index (κ2) is 10.9. The van der Waals surface area contributed by atoms with Crippen LogP contribution in [-0.2, 0) is 11.2 Å². The number of hydrogen-bond donors (Lipinski definition) is 2. The first-order valence-electron chi connectivity index (χ1n) is 11.3. The summed E-state index contributed by atoms with van der Waals surface area (Å²) >= 11 is 0. The van der Waals surface area contributed by atoms with Gasteiger partial charge in [0.15, 0.2) is 0 Å². The zero-order valence-electron chi connectivity index (χ0n) is 18.9. The fourth-order valence-electron chi connectivity index (χ4n) is 4.02. The van der Waals surface area contributed by atoms with Crippen LogP contribution in [0.2, 0.25) is 0 Å². The highest BCUT2D eigenvalue weighted by Gasteiger charge is 2.29. The second-order valence-corrected chi connectivity index (χ2v) is 8.20. The Morgan fingerprint density at radius 1 is 1.06 bits per heavy atom. The average Bonchev–Trinajstić information content (AvgIpc) is 2.98. The maximum absolute atomic E-state index is 13.4. The van der Waals surface area contributed by atoms with Crippen molar-refractivity contribution in [1.82, 2.24) is 4.90 Å². The van der Waals surface area contributed by atoms with Crippen LogP contribution in [0.1, 0.15) is 22.3 Å². The molecule has 0 saturated carbocycles. The Kier molecular flexibility index (Phi) is 7.44. The molecular weight excluding hydrogens is 432 g/mol. The molecule has 0 saturated heterocycles. The SMILES string of the molecule is NCCOc1ccc(-c2ccc3c(c2)C(=O)N(CCC(=O)O)CC(Cc2ccccc2)O3)cc1. The van der Waals surface area contributed by atoms with Crippen molar-refractivity contribution < 1.29 is 24.2 Å². The van der Waals surface area contributed by atoms with Crippen molar-refractivity contribution in [2.24, 2.45) is 5.73 Å². The molecule has 1 unspecified atom stereocenters. The van der Waals surface area contributed by atoms with Gasteiger partial charge in [-0.25, -0.2) is 0 Å². The van der Waals surface area contributed by atoms with Crippen LogP contribution in [0.15, 0.2) is 72.8 Å². The lowest BCUT2D eigenvalue weighted by Crippen LogP contribution is -2.39. The van der Waals surface area contributed by atoms with Crippen molar-refractivity contribution in [3.05, 3.63) is 83.9 Å². The highest BCUT2D eigenvalue weighted by atomic mass is 16.5. The van der Waals surface area contributed by atoms with Gasteiger partial charge in [0.1, 0.15) is 24.2 Å². The summed E-state index contributed by atoms with van der Waals surface area (Å²) in [6, 6.07) is 23.1. The summed E-state index contributed by atoms with van der Waals surface area (Å²) in [4.78, 5) is 26.2. The lowest BCUT2D eigenvalue weighted by atomic mass is 10.0. The first-order chi connectivity index (χ1) is 16.5. The van der Waals surface area contributed by atoms with E-state index in [4.69, 9.17) is 15.2 Å². The molecule has 0 aromatic heterocycles. The lowest BCUT2D eigenvalue weighted by molar-refractivity contribution is -0.137. The van der Waals surface area contributed by atoms with E-state index < -0.39 is 5.97 Å². The van der Waals surface area contributed by atoms with Gasteiger partial charge in [0.2, 0.25) is 0 Å². The van der Waals surface area contributed by atoms with Crippen LogP contribution in [0.25, 0.3) is 11.1 Å². The molecule has 4 rings (SSSR count). The third kappa shape index (κ3) is 5.74. The van der Waals surface area contributed by atoms with E-state index in [-0.39, 0.29) is 25.0 Å². The number of carboxylic acid groups (broad SMARTS) is 1. The van der Waals surface area contributed by atoms with Crippen molar-refractivity contribution >= 4 is 11.9 Å². The Hall–Kier alpha value is -3.84. The minimum Gasteiger partial charge on any atom is -0.492 e. The summed E-state index contributed by atoms with van der Waals surface area (Å²) in [6.45, 7) is 1.33. The molecule has 1 heterocycles. The predicted octanol–water partition coefficient (Wildman–Crippen LogP) is 3.61. The van der Waals surface area contributed by atoms with Crippen LogP contribution in [-0.4, -0.2) is 54.2 Å². The molecule has 0 fully saturated rings. The molecule has 176 valence electrons. The number of amides is 1. The quantitative estimate of drug-likeness (QED) is 0.506. The number of aliphatic carboxylic acids is 1. The summed E-state index contributed by atoms with van der Waals surface area (Å²) in [7, 11) is 0. The van der Waals surface area contributed by atoms with Crippen LogP contribution in [0.5, 0.6) is 11.5 Å². The van der Waals surface area contributed by atoms with Gasteiger partial charge in [-0.3, -0.25) is 9.59 Å². The number of nitrogens with zero attached hydrogens (tertiary/aromatic N) is 1. The lowest BCUT2D eigenvalue weighted by Gasteiger charge is -2.23. The van der Waals surface area contributed by atoms with E-state index in [2.05, 4.69) is 0 Å². The average molecular weight is 461 g/mol. The van der Waals surface area contributed by atoms with Crippen LogP contribution in [0.4, 0.5) is 0 Å². The second-order valence-electron chi connectivity index (χ2n) is 8.20. The van der Waals surface area contributed by atoms with E-state index in [0.29, 0.717) is 37.4 Å². The van der Waals surface area contributed by atoms with Gasteiger partial charge < -0.3 is 25.2 Å². The summed E-state index contributed by atoms with van der Waals surface area (Å²) in [5.41, 5.74) is 8.80. The van der Waals surface area contributed by atoms with Gasteiger partial charge in [0.25, 0.3) is 5.91 Å². The molecular formula is C27H28N2O5. The van der Waals surface area contributed by atoms with Crippen molar-refractivity contribution in [1.29, 1.82) is 0 Å². The first kappa shape index (κ1) is 23.3. The number of rotatable bonds is 9. The fourth-order valence-corrected chi connectivity index (χ4v) is 4.02. The van der Waals surface area contributed by atoms with Crippen LogP contribution in [0.3, 0.4) is 0 Å². The smallest absolute Gasteiger partial charge is 0.305 e. The molecule has 0 radical (unpaired) electrons. The van der Waals surface area contributed by atoms with Crippen molar-refractivity contribution in [2.45, 2.75) is 18.9 Å². The van der Waals surface area contributed by atoms with E-state index in [1.807, 2.05) is 72.8 Å². The highest BCUT2D eigenvalue weighted by Crippen LogP contribution is 2.32. The molecule has 7 nitrogen and oxygen atoms in total. The minimum absolute atomic E-state index is 0.122. The molecule has 1 amide bonds. The molecule has 1 atom stereocenters. The van der Waals surface area contributed by atoms with E-state index >= 15 is 0 Å². The molecule has 1 aliphatic heterocycles. The third-order valence-electron chi connectivity index (χ3n) is 5.69. The molecule has 34 heavy (non-hydrogen) atoms. The van der Waals surface area contributed by atoms with Crippen LogP contribution >= 0.6 is 0 Å². The Labute approximate surface area is 198 Å². The zero-order valence-corrected chi connectivity index (χ0v) is 18.9. The maximum Gasteiger partial charge on any atom is 0.305 e. The van der Waals surface area contributed by atoms with Crippen LogP contribution < -0.4 is 15.2 Å². The summed E-state index contributed by atoms with van der Waals surface area (Å²) in [5, 5.41) is 9.18. The number of nitrogens with two attached hydrogens (primary N) is 1. The summed E-state index contributed by atoms with van der Waals surface area (Å²) in [5.74, 6) is 0.0717. The Balaban J connectivity index is 1.62. The Morgan fingerprint density at radius 2 is 1.79 bits per heavy atom. The van der Waals surface area contributed by atoms with Gasteiger partial charge in [0.05, 0.1) is 18.5 Å². The molecule has 3 N–H and O–H groups in total. The van der Waals surface area contributed by atoms with Gasteiger partial charge >= 0.3 is 5.97 Å². The van der Waals surface area contributed by atoms with Crippen molar-refractivity contribution in [3.63, 3.8) is 0 Å². The topological polar surface area (TPSA) is 102 Å². The minimum atomic E-state index is -0.941. The number of carbonyl (C=O) groups is 2. The standard InChI is InChI=1S/C27H28N2O5/c28-13-15-33-22-9-6-20(7-10-22)21-8-11-25-24(17-21)27(32)29(14-12-26(30)31)18-23(34-25)16-19-4-2-1-3-5-19/h1-11,17,23H,12-16,18,28H2,(H,30,31). The largest absolute Gasteiger partial charge is 0.492 e. The molecule has 0 aliphatic carbocycles. The van der Waals surface area contributed by atoms with Gasteiger partial charge in [-0.05, 0) is 41.0 Å². The van der Waals surface area contributed by atoms with E-state index in [1.54, 1.807) is 4.90 Å². The fraction of sp³-hybridized carbons (Fsp3) is 0.259. The highest BCUT2D eigenvalue weighted by molar-refractivity contribution is 5.98.